The maximum absolute atomic E-state index is 12.6. The van der Waals surface area contributed by atoms with Gasteiger partial charge in [-0.1, -0.05) is 6.92 Å². The van der Waals surface area contributed by atoms with Crippen LogP contribution in [0.5, 0.6) is 0 Å². The Kier molecular flexibility index (Phi) is 8.16. The number of cyclic esters (lactones) is 1. The molecule has 0 aromatic rings. The summed E-state index contributed by atoms with van der Waals surface area (Å²) < 4.78 is 23.1. The quantitative estimate of drug-likeness (QED) is 0.199. The largest absolute Gasteiger partial charge is 0.458 e. The average molecular weight is 592 g/mol. The van der Waals surface area contributed by atoms with Gasteiger partial charge in [0.05, 0.1) is 42.7 Å². The van der Waals surface area contributed by atoms with E-state index in [0.717, 1.165) is 24.8 Å². The van der Waals surface area contributed by atoms with Crippen LogP contribution >= 0.6 is 0 Å². The first-order valence-electron chi connectivity index (χ1n) is 16.0. The summed E-state index contributed by atoms with van der Waals surface area (Å²) in [5.74, 6) is -0.165. The number of aliphatic hydroxyl groups is 4. The molecule has 2 heterocycles. The molecule has 0 amide bonds. The number of rotatable bonds is 7. The second-order valence-electron chi connectivity index (χ2n) is 14.2. The van der Waals surface area contributed by atoms with Crippen molar-refractivity contribution in [3.8, 4) is 0 Å². The fraction of sp³-hybridized carbons (Fsp3) is 0.875. The molecule has 0 spiro atoms. The predicted molar refractivity (Wildman–Crippen MR) is 153 cm³/mol. The number of esters is 1. The molecule has 42 heavy (non-hydrogen) atoms. The Labute approximate surface area is 248 Å². The van der Waals surface area contributed by atoms with E-state index in [4.69, 9.17) is 18.9 Å². The van der Waals surface area contributed by atoms with Crippen molar-refractivity contribution in [1.29, 1.82) is 0 Å². The van der Waals surface area contributed by atoms with Crippen molar-refractivity contribution in [1.82, 2.24) is 0 Å². The summed E-state index contributed by atoms with van der Waals surface area (Å²) >= 11 is 0. The molecule has 10 nitrogen and oxygen atoms in total. The second kappa shape index (κ2) is 11.2. The van der Waals surface area contributed by atoms with Gasteiger partial charge < -0.3 is 39.4 Å². The van der Waals surface area contributed by atoms with Gasteiger partial charge in [0.25, 0.3) is 0 Å². The molecular formula is C32H49NO9. The van der Waals surface area contributed by atoms with Gasteiger partial charge in [-0.2, -0.15) is 0 Å². The standard InChI is InChI=1S/C32H49NO9/c1-19-28(36)25(39-3)15-27(41-19)42-21-4-9-30(18-33-12-13-34)23-5-8-29(2)22(20-14-26(35)40-17-20)7-11-32(29,38)24(23)6-10-31(30,37)16-21/h14,18-19,21-25,27-28,34,36-38H,4-13,15-17H2,1-3H3/t19-,21-,22+,23+,24-,25-,27+,28-,29-,30+,31+,32+/m1/s1. The summed E-state index contributed by atoms with van der Waals surface area (Å²) in [5, 5.41) is 45.0. The Balaban J connectivity index is 1.25. The summed E-state index contributed by atoms with van der Waals surface area (Å²) in [6.07, 6.45) is 7.86. The SMILES string of the molecule is CO[C@@H]1C[C@H](O[C@@H]2CC[C@]3(C=NCCO)[C@H]4CC[C@]5(C)[C@H](C6=CC(=O)OC6)CC[C@]5(O)[C@@H]4CC[C@]3(O)C2)O[C@H](C)[C@H]1O. The van der Waals surface area contributed by atoms with E-state index in [2.05, 4.69) is 11.9 Å². The van der Waals surface area contributed by atoms with E-state index in [1.807, 2.05) is 13.1 Å². The molecule has 1 saturated heterocycles. The van der Waals surface area contributed by atoms with Gasteiger partial charge in [-0.15, -0.1) is 0 Å². The highest BCUT2D eigenvalue weighted by Gasteiger charge is 2.71. The Bertz CT molecular complexity index is 1100. The zero-order chi connectivity index (χ0) is 29.9. The predicted octanol–water partition coefficient (Wildman–Crippen LogP) is 2.30. The maximum atomic E-state index is 12.6. The first-order chi connectivity index (χ1) is 20.0. The van der Waals surface area contributed by atoms with Crippen LogP contribution in [0.2, 0.25) is 0 Å². The van der Waals surface area contributed by atoms with Gasteiger partial charge in [0.2, 0.25) is 0 Å². The molecule has 6 aliphatic rings. The van der Waals surface area contributed by atoms with Crippen molar-refractivity contribution >= 4 is 12.2 Å². The van der Waals surface area contributed by atoms with Gasteiger partial charge in [0, 0.05) is 43.1 Å². The van der Waals surface area contributed by atoms with Gasteiger partial charge in [-0.3, -0.25) is 4.99 Å². The molecule has 0 unspecified atom stereocenters. The molecule has 0 bridgehead atoms. The summed E-state index contributed by atoms with van der Waals surface area (Å²) in [6, 6.07) is 0. The lowest BCUT2D eigenvalue weighted by Crippen LogP contribution is -2.69. The van der Waals surface area contributed by atoms with E-state index in [9.17, 15) is 25.2 Å². The molecule has 4 N–H and O–H groups in total. The second-order valence-corrected chi connectivity index (χ2v) is 14.2. The number of aliphatic imine (C=N–C) groups is 1. The van der Waals surface area contributed by atoms with Crippen molar-refractivity contribution < 1.29 is 44.2 Å². The first-order valence-corrected chi connectivity index (χ1v) is 16.0. The Morgan fingerprint density at radius 1 is 1.12 bits per heavy atom. The molecule has 2 aliphatic heterocycles. The van der Waals surface area contributed by atoms with E-state index in [0.29, 0.717) is 51.6 Å². The molecule has 0 radical (unpaired) electrons. The molecule has 0 aromatic heterocycles. The smallest absolute Gasteiger partial charge is 0.331 e. The molecule has 5 fully saturated rings. The Hall–Kier alpha value is -1.40. The van der Waals surface area contributed by atoms with E-state index in [1.165, 1.54) is 0 Å². The fourth-order valence-corrected chi connectivity index (χ4v) is 10.3. The minimum atomic E-state index is -1.08. The van der Waals surface area contributed by atoms with Crippen molar-refractivity contribution in [3.63, 3.8) is 0 Å². The normalized spacial score (nSPS) is 50.6. The number of aliphatic hydroxyl groups excluding tert-OH is 2. The van der Waals surface area contributed by atoms with E-state index >= 15 is 0 Å². The number of hydrogen-bond acceptors (Lipinski definition) is 10. The Morgan fingerprint density at radius 3 is 2.62 bits per heavy atom. The maximum Gasteiger partial charge on any atom is 0.331 e. The molecule has 0 aromatic carbocycles. The van der Waals surface area contributed by atoms with Crippen LogP contribution < -0.4 is 0 Å². The third-order valence-corrected chi connectivity index (χ3v) is 12.5. The minimum Gasteiger partial charge on any atom is -0.458 e. The summed E-state index contributed by atoms with van der Waals surface area (Å²) in [4.78, 5) is 16.5. The summed E-state index contributed by atoms with van der Waals surface area (Å²) in [5.41, 5.74) is -2.00. The lowest BCUT2D eigenvalue weighted by molar-refractivity contribution is -0.284. The van der Waals surface area contributed by atoms with Crippen LogP contribution in [0, 0.1) is 28.6 Å². The van der Waals surface area contributed by atoms with E-state index in [1.54, 1.807) is 13.2 Å². The fourth-order valence-electron chi connectivity index (χ4n) is 10.3. The minimum absolute atomic E-state index is 0.00957. The topological polar surface area (TPSA) is 147 Å². The highest BCUT2D eigenvalue weighted by molar-refractivity contribution is 5.85. The van der Waals surface area contributed by atoms with Crippen LogP contribution in [0.3, 0.4) is 0 Å². The number of fused-ring (bicyclic) bond motifs is 5. The monoisotopic (exact) mass is 591 g/mol. The lowest BCUT2D eigenvalue weighted by atomic mass is 9.41. The van der Waals surface area contributed by atoms with Crippen LogP contribution in [0.15, 0.2) is 16.6 Å². The number of carbonyl (C=O) groups is 1. The number of hydrogen-bond donors (Lipinski definition) is 4. The van der Waals surface area contributed by atoms with Gasteiger partial charge in [-0.05, 0) is 81.6 Å². The highest BCUT2D eigenvalue weighted by atomic mass is 16.7. The van der Waals surface area contributed by atoms with E-state index < -0.39 is 35.1 Å². The molecule has 12 atom stereocenters. The molecule has 4 saturated carbocycles. The van der Waals surface area contributed by atoms with Crippen molar-refractivity contribution in [2.45, 2.75) is 120 Å². The van der Waals surface area contributed by atoms with Gasteiger partial charge >= 0.3 is 5.97 Å². The highest BCUT2D eigenvalue weighted by Crippen LogP contribution is 2.70. The van der Waals surface area contributed by atoms with Gasteiger partial charge in [0.1, 0.15) is 12.7 Å². The third kappa shape index (κ3) is 4.63. The summed E-state index contributed by atoms with van der Waals surface area (Å²) in [6.45, 7) is 4.53. The number of carbonyl (C=O) groups excluding carboxylic acids is 1. The lowest BCUT2D eigenvalue weighted by Gasteiger charge is -2.66. The van der Waals surface area contributed by atoms with Crippen LogP contribution in [0.4, 0.5) is 0 Å². The molecule has 6 rings (SSSR count). The van der Waals surface area contributed by atoms with Crippen molar-refractivity contribution in [3.05, 3.63) is 11.6 Å². The van der Waals surface area contributed by atoms with Crippen LogP contribution in [0.25, 0.3) is 0 Å². The van der Waals surface area contributed by atoms with Crippen molar-refractivity contribution in [2.24, 2.45) is 33.6 Å². The molecule has 10 heteroatoms. The zero-order valence-corrected chi connectivity index (χ0v) is 25.2. The number of nitrogens with zero attached hydrogens (tertiary/aromatic N) is 1. The number of ether oxygens (including phenoxy) is 4. The van der Waals surface area contributed by atoms with Gasteiger partial charge in [-0.25, -0.2) is 4.79 Å². The number of methoxy groups -OCH3 is 1. The third-order valence-electron chi connectivity index (χ3n) is 12.5. The molecule has 4 aliphatic carbocycles. The average Bonchev–Trinajstić information content (AvgIpc) is 3.50. The van der Waals surface area contributed by atoms with E-state index in [-0.39, 0.29) is 54.5 Å². The Morgan fingerprint density at radius 2 is 1.90 bits per heavy atom. The molecule has 236 valence electrons. The molecular weight excluding hydrogens is 542 g/mol. The van der Waals surface area contributed by atoms with Gasteiger partial charge in [0.15, 0.2) is 6.29 Å². The zero-order valence-electron chi connectivity index (χ0n) is 25.2. The van der Waals surface area contributed by atoms with Crippen LogP contribution in [-0.4, -0.2) is 101 Å². The van der Waals surface area contributed by atoms with Crippen molar-refractivity contribution in [2.75, 3.05) is 26.9 Å². The van der Waals surface area contributed by atoms with Crippen LogP contribution in [0.1, 0.15) is 78.1 Å². The first kappa shape index (κ1) is 30.6. The summed E-state index contributed by atoms with van der Waals surface area (Å²) in [7, 11) is 1.58. The van der Waals surface area contributed by atoms with Crippen LogP contribution in [-0.2, 0) is 23.7 Å².